The molecule has 20 atom stereocenters. The van der Waals surface area contributed by atoms with Gasteiger partial charge in [-0.05, 0) is 123 Å². The number of hydrogen-bond donors (Lipinski definition) is 1. The van der Waals surface area contributed by atoms with Crippen molar-refractivity contribution in [3.8, 4) is 0 Å². The van der Waals surface area contributed by atoms with Gasteiger partial charge in [0.1, 0.15) is 79.3 Å². The Morgan fingerprint density at radius 2 is 0.632 bits per heavy atom. The van der Waals surface area contributed by atoms with E-state index in [9.17, 15) is 9.90 Å². The number of fused-ring (bicyclic) bond motifs is 1. The van der Waals surface area contributed by atoms with Gasteiger partial charge in [0.05, 0.1) is 113 Å². The van der Waals surface area contributed by atoms with Crippen LogP contribution in [0.4, 0.5) is 0 Å². The average molecular weight is 1860 g/mol. The van der Waals surface area contributed by atoms with E-state index in [1.54, 1.807) is 78.0 Å². The molecule has 0 radical (unpaired) electrons. The second-order valence-electron chi connectivity index (χ2n) is 36.3. The standard InChI is InChI=1S/C110H121NO25/c1-8-9-39-60-122-105-98(135-107(116)109(2,3)4)96(126-68-80-54-33-17-34-55-80)93(87(129-105)72-121-64-76-46-25-13-26-47-76)133-106-99(136-108(117)110(5,6)7)97(91(124-66-78-50-29-15-30-51-78)85(130-106)70-119-62-74-42-21-11-22-43-74)134-103-88(111-100(113)82-58-37-38-59-83(82)101(111)114)94(131-102(115)81-56-35-18-36-57-81)92(86(127-103)71-120-63-75-44-23-12-24-45-75)132-104-89(112)95(125-67-79-52-31-16-32-53-79)90(123-65-77-48-27-14-28-49-77)84(128-104)69-118-61-73-40-19-10-20-41-73/h8,10-38,40-59,84-99,103-106,112H,1,9,39,60-72H2,2-7H3. The maximum atomic E-state index is 16.4. The molecule has 4 fully saturated rings. The number of carbonyl (C=O) groups is 5. The van der Waals surface area contributed by atoms with Crippen molar-refractivity contribution >= 4 is 29.7 Å². The number of aliphatic hydroxyl groups is 1. The van der Waals surface area contributed by atoms with Crippen LogP contribution < -0.4 is 0 Å². The molecule has 26 nitrogen and oxygen atoms in total. The van der Waals surface area contributed by atoms with Crippen LogP contribution in [0.25, 0.3) is 0 Å². The SMILES string of the molecule is C=CCCCOC1OC(COCc2ccccc2)C(OC2OC(COCc3ccccc3)C(OCc3ccccc3)C(OC3OC(COCc4ccccc4)C(OC4OC(COCc5ccccc5)C(OCc5ccccc5)C(OCc5ccccc5)C4O)C(OC(=O)c4ccccc4)C3N3C(=O)c4ccccc4C3=O)C2OC(=O)C(C)(C)C)C(OCc2ccccc2)C1OC(=O)C(C)(C)C. The molecule has 1 N–H and O–H groups in total. The summed E-state index contributed by atoms with van der Waals surface area (Å²) in [4.78, 5) is 80.4. The number of aliphatic hydroxyl groups excluding tert-OH is 1. The van der Waals surface area contributed by atoms with Crippen molar-refractivity contribution in [3.05, 3.63) is 371 Å². The quantitative estimate of drug-likeness (QED) is 0.0122. The van der Waals surface area contributed by atoms with Crippen molar-refractivity contribution < 1.29 is 119 Å². The van der Waals surface area contributed by atoms with E-state index in [-0.39, 0.29) is 96.0 Å². The summed E-state index contributed by atoms with van der Waals surface area (Å²) in [5.74, 6) is -4.20. The monoisotopic (exact) mass is 1860 g/mol. The fraction of sp³-hybridized carbons (Fsp3) is 0.391. The number of nitrogens with zero attached hydrogens (tertiary/aromatic N) is 1. The molecule has 5 heterocycles. The zero-order valence-corrected chi connectivity index (χ0v) is 77.4. The van der Waals surface area contributed by atoms with Crippen LogP contribution >= 0.6 is 0 Å². The Kier molecular flexibility index (Phi) is 35.6. The average Bonchev–Trinajstić information content (AvgIpc) is 1.12. The number of unbranched alkanes of at least 4 members (excludes halogenated alkanes) is 1. The highest BCUT2D eigenvalue weighted by Crippen LogP contribution is 2.44. The zero-order valence-electron chi connectivity index (χ0n) is 77.4. The Labute approximate surface area is 794 Å². The van der Waals surface area contributed by atoms with E-state index in [1.807, 2.05) is 243 Å². The number of esters is 3. The highest BCUT2D eigenvalue weighted by atomic mass is 16.8. The van der Waals surface area contributed by atoms with E-state index >= 15 is 19.2 Å². The van der Waals surface area contributed by atoms with Crippen LogP contribution in [0, 0.1) is 10.8 Å². The lowest BCUT2D eigenvalue weighted by Crippen LogP contribution is -2.71. The van der Waals surface area contributed by atoms with Crippen LogP contribution in [0.5, 0.6) is 0 Å². The minimum absolute atomic E-state index is 0.0174. The van der Waals surface area contributed by atoms with Crippen LogP contribution in [0.15, 0.2) is 310 Å². The van der Waals surface area contributed by atoms with E-state index in [0.29, 0.717) is 18.4 Å². The van der Waals surface area contributed by atoms with Crippen LogP contribution in [0.1, 0.15) is 130 Å². The zero-order chi connectivity index (χ0) is 94.8. The van der Waals surface area contributed by atoms with Crippen molar-refractivity contribution in [1.82, 2.24) is 4.90 Å². The number of rotatable bonds is 44. The molecule has 26 heteroatoms. The summed E-state index contributed by atoms with van der Waals surface area (Å²) in [5.41, 5.74) is 3.60. The molecule has 136 heavy (non-hydrogen) atoms. The number of ether oxygens (including phenoxy) is 19. The van der Waals surface area contributed by atoms with E-state index in [0.717, 1.165) is 43.8 Å². The molecule has 716 valence electrons. The lowest BCUT2D eigenvalue weighted by atomic mass is 9.92. The fourth-order valence-electron chi connectivity index (χ4n) is 16.7. The molecule has 15 rings (SSSR count). The van der Waals surface area contributed by atoms with E-state index < -0.39 is 170 Å². The van der Waals surface area contributed by atoms with Crippen LogP contribution in [0.2, 0.25) is 0 Å². The van der Waals surface area contributed by atoms with Gasteiger partial charge < -0.3 is 95.1 Å². The first kappa shape index (κ1) is 99.3. The highest BCUT2D eigenvalue weighted by molar-refractivity contribution is 6.21. The summed E-state index contributed by atoms with van der Waals surface area (Å²) in [7, 11) is 0. The van der Waals surface area contributed by atoms with Crippen molar-refractivity contribution in [2.75, 3.05) is 33.0 Å². The second-order valence-corrected chi connectivity index (χ2v) is 36.3. The molecule has 0 aromatic heterocycles. The van der Waals surface area contributed by atoms with Crippen LogP contribution in [0.3, 0.4) is 0 Å². The Balaban J connectivity index is 0.919. The molecule has 4 saturated heterocycles. The number of carbonyl (C=O) groups excluding carboxylic acids is 5. The first-order valence-electron chi connectivity index (χ1n) is 46.4. The maximum absolute atomic E-state index is 16.4. The molecule has 2 amide bonds. The van der Waals surface area contributed by atoms with Gasteiger partial charge in [-0.3, -0.25) is 24.1 Å². The van der Waals surface area contributed by atoms with Gasteiger partial charge in [0.15, 0.2) is 43.5 Å². The minimum atomic E-state index is -2.09. The van der Waals surface area contributed by atoms with Crippen LogP contribution in [-0.4, -0.2) is 196 Å². The molecule has 5 aliphatic rings. The largest absolute Gasteiger partial charge is 0.454 e. The normalized spacial score (nSPS) is 25.7. The molecule has 10 aromatic rings. The number of amides is 2. The highest BCUT2D eigenvalue weighted by Gasteiger charge is 2.63. The van der Waals surface area contributed by atoms with E-state index in [2.05, 4.69) is 6.58 Å². The molecular formula is C110H121NO25. The number of allylic oxidation sites excluding steroid dienone is 1. The van der Waals surface area contributed by atoms with Gasteiger partial charge in [0.2, 0.25) is 0 Å². The number of imide groups is 1. The Morgan fingerprint density at radius 1 is 0.331 bits per heavy atom. The van der Waals surface area contributed by atoms with Gasteiger partial charge >= 0.3 is 17.9 Å². The van der Waals surface area contributed by atoms with Gasteiger partial charge in [-0.15, -0.1) is 6.58 Å². The summed E-state index contributed by atoms with van der Waals surface area (Å²) in [5, 5.41) is 13.6. The van der Waals surface area contributed by atoms with Gasteiger partial charge in [-0.25, -0.2) is 4.79 Å². The summed E-state index contributed by atoms with van der Waals surface area (Å²) in [6.07, 6.45) is -27.1. The third-order valence-corrected chi connectivity index (χ3v) is 23.9. The Hall–Kier alpha value is -11.2. The molecule has 10 aromatic carbocycles. The third kappa shape index (κ3) is 26.6. The van der Waals surface area contributed by atoms with Crippen molar-refractivity contribution in [2.45, 2.75) is 230 Å². The van der Waals surface area contributed by atoms with Crippen molar-refractivity contribution in [2.24, 2.45) is 10.8 Å². The molecule has 0 saturated carbocycles. The van der Waals surface area contributed by atoms with Crippen LogP contribution in [-0.2, 0) is 152 Å². The molecule has 0 spiro atoms. The third-order valence-electron chi connectivity index (χ3n) is 23.9. The smallest absolute Gasteiger partial charge is 0.338 e. The molecule has 20 unspecified atom stereocenters. The lowest BCUT2D eigenvalue weighted by Gasteiger charge is -2.53. The lowest BCUT2D eigenvalue weighted by molar-refractivity contribution is -0.390. The first-order chi connectivity index (χ1) is 66.2. The predicted molar refractivity (Wildman–Crippen MR) is 500 cm³/mol. The number of hydrogen-bond acceptors (Lipinski definition) is 25. The van der Waals surface area contributed by atoms with Gasteiger partial charge in [-0.2, -0.15) is 0 Å². The minimum Gasteiger partial charge on any atom is -0.454 e. The summed E-state index contributed by atoms with van der Waals surface area (Å²) < 4.78 is 136. The molecule has 5 aliphatic heterocycles. The fourth-order valence-corrected chi connectivity index (χ4v) is 16.7. The Bertz CT molecular complexity index is 5320. The molecule has 0 aliphatic carbocycles. The van der Waals surface area contributed by atoms with E-state index in [1.165, 1.54) is 24.3 Å². The van der Waals surface area contributed by atoms with Crippen molar-refractivity contribution in [3.63, 3.8) is 0 Å². The molecule has 0 bridgehead atoms. The van der Waals surface area contributed by atoms with Gasteiger partial charge in [-0.1, -0.05) is 279 Å². The predicted octanol–water partition coefficient (Wildman–Crippen LogP) is 16.4. The summed E-state index contributed by atoms with van der Waals surface area (Å²) >= 11 is 0. The molecular weight excluding hydrogens is 1740 g/mol. The van der Waals surface area contributed by atoms with Crippen molar-refractivity contribution in [1.29, 1.82) is 0 Å². The second kappa shape index (κ2) is 48.7. The number of benzene rings is 10. The van der Waals surface area contributed by atoms with Gasteiger partial charge in [0, 0.05) is 0 Å². The first-order valence-corrected chi connectivity index (χ1v) is 46.4. The maximum Gasteiger partial charge on any atom is 0.338 e. The van der Waals surface area contributed by atoms with E-state index in [4.69, 9.17) is 90.0 Å². The van der Waals surface area contributed by atoms with Gasteiger partial charge in [0.25, 0.3) is 11.8 Å². The summed E-state index contributed by atoms with van der Waals surface area (Å²) in [6.45, 7) is 12.9. The topological polar surface area (TPSA) is 284 Å². The summed E-state index contributed by atoms with van der Waals surface area (Å²) in [6, 6.07) is 87.7. The Morgan fingerprint density at radius 3 is 1.02 bits per heavy atom.